The summed E-state index contributed by atoms with van der Waals surface area (Å²) in [6.07, 6.45) is 1.60. The molecular weight excluding hydrogens is 508 g/mol. The van der Waals surface area contributed by atoms with E-state index < -0.39 is 16.1 Å². The zero-order chi connectivity index (χ0) is 26.9. The number of hydrogen-bond acceptors (Lipinski definition) is 10. The number of fused-ring (bicyclic) bond motifs is 1. The summed E-state index contributed by atoms with van der Waals surface area (Å²) in [6, 6.07) is 7.79. The van der Waals surface area contributed by atoms with E-state index in [1.807, 2.05) is 31.2 Å². The number of aliphatic hydroxyl groups excluding tert-OH is 1. The molecule has 3 N–H and O–H groups in total. The van der Waals surface area contributed by atoms with Crippen molar-refractivity contribution in [2.75, 3.05) is 76.1 Å². The van der Waals surface area contributed by atoms with E-state index in [1.54, 1.807) is 11.4 Å². The van der Waals surface area contributed by atoms with Crippen molar-refractivity contribution in [2.24, 2.45) is 11.8 Å². The van der Waals surface area contributed by atoms with Crippen LogP contribution in [0.25, 0.3) is 11.4 Å². The fourth-order valence-corrected chi connectivity index (χ4v) is 6.45. The van der Waals surface area contributed by atoms with E-state index in [1.165, 1.54) is 6.26 Å². The predicted molar refractivity (Wildman–Crippen MR) is 146 cm³/mol. The smallest absolute Gasteiger partial charge is 0.211 e. The topological polar surface area (TPSA) is 129 Å². The van der Waals surface area contributed by atoms with Crippen LogP contribution in [-0.4, -0.2) is 106 Å². The van der Waals surface area contributed by atoms with Crippen molar-refractivity contribution in [2.45, 2.75) is 25.5 Å². The first-order valence-corrected chi connectivity index (χ1v) is 15.0. The normalized spacial score (nSPS) is 24.5. The van der Waals surface area contributed by atoms with Gasteiger partial charge in [-0.3, -0.25) is 0 Å². The number of benzene rings is 1. The lowest BCUT2D eigenvalue weighted by atomic mass is 10.0. The number of nitrogens with one attached hydrogen (secondary N) is 2. The minimum Gasteiger partial charge on any atom is -0.491 e. The van der Waals surface area contributed by atoms with Gasteiger partial charge in [0.2, 0.25) is 10.0 Å². The quantitative estimate of drug-likeness (QED) is 0.396. The van der Waals surface area contributed by atoms with Crippen LogP contribution >= 0.6 is 0 Å². The third-order valence-electron chi connectivity index (χ3n) is 7.59. The Morgan fingerprint density at radius 1 is 1.21 bits per heavy atom. The van der Waals surface area contributed by atoms with Crippen LogP contribution in [0.2, 0.25) is 0 Å². The summed E-state index contributed by atoms with van der Waals surface area (Å²) < 4.78 is 37.1. The Morgan fingerprint density at radius 3 is 2.63 bits per heavy atom. The molecule has 0 aliphatic carbocycles. The van der Waals surface area contributed by atoms with Gasteiger partial charge in [0, 0.05) is 50.5 Å². The number of hydrogen-bond donors (Lipinski definition) is 3. The van der Waals surface area contributed by atoms with Gasteiger partial charge >= 0.3 is 0 Å². The summed E-state index contributed by atoms with van der Waals surface area (Å²) in [7, 11) is -1.39. The van der Waals surface area contributed by atoms with Gasteiger partial charge in [-0.15, -0.1) is 0 Å². The summed E-state index contributed by atoms with van der Waals surface area (Å²) >= 11 is 0. The fraction of sp³-hybridized carbons (Fsp3) is 0.615. The molecule has 12 heteroatoms. The Morgan fingerprint density at radius 2 is 1.97 bits per heavy atom. The maximum atomic E-state index is 12.1. The van der Waals surface area contributed by atoms with Crippen LogP contribution < -0.4 is 20.3 Å². The predicted octanol–water partition coefficient (Wildman–Crippen LogP) is 0.940. The molecule has 1 aromatic carbocycles. The van der Waals surface area contributed by atoms with Crippen molar-refractivity contribution < 1.29 is 23.0 Å². The monoisotopic (exact) mass is 546 g/mol. The van der Waals surface area contributed by atoms with Crippen LogP contribution in [0.1, 0.15) is 12.0 Å². The second-order valence-corrected chi connectivity index (χ2v) is 12.6. The third kappa shape index (κ3) is 6.04. The zero-order valence-corrected chi connectivity index (χ0v) is 23.1. The molecular formula is C26H38N6O5S. The maximum absolute atomic E-state index is 12.1. The average Bonchev–Trinajstić information content (AvgIpc) is 3.61. The van der Waals surface area contributed by atoms with Crippen LogP contribution in [0.4, 0.5) is 11.6 Å². The number of ether oxygens (including phenoxy) is 2. The second-order valence-electron chi connectivity index (χ2n) is 10.6. The van der Waals surface area contributed by atoms with Gasteiger partial charge in [0.15, 0.2) is 5.82 Å². The standard InChI is InChI=1S/C26H38N6O5S/c1-17-24(28-21-7-8-36-15-21)29-25(18-5-4-6-23(9-18)37-16-22(33)10-27-2)30-26(17)31-11-19-13-32(38(3,34)35)14-20(19)12-31/h4-6,9,19-22,27,33H,7-8,10-16H2,1-3H3,(H,28,29,30). The number of aromatic nitrogens is 2. The molecule has 0 spiro atoms. The van der Waals surface area contributed by atoms with Crippen molar-refractivity contribution in [3.05, 3.63) is 29.8 Å². The largest absolute Gasteiger partial charge is 0.491 e. The molecule has 0 radical (unpaired) electrons. The van der Waals surface area contributed by atoms with Crippen LogP contribution in [0.3, 0.4) is 0 Å². The number of aliphatic hydroxyl groups is 1. The van der Waals surface area contributed by atoms with Crippen molar-refractivity contribution >= 4 is 21.7 Å². The molecule has 4 atom stereocenters. The summed E-state index contributed by atoms with van der Waals surface area (Å²) in [5, 5.41) is 16.5. The number of rotatable bonds is 10. The van der Waals surface area contributed by atoms with Crippen molar-refractivity contribution in [1.29, 1.82) is 0 Å². The van der Waals surface area contributed by atoms with E-state index in [0.717, 1.165) is 48.9 Å². The first-order chi connectivity index (χ1) is 18.2. The van der Waals surface area contributed by atoms with Gasteiger partial charge < -0.3 is 30.1 Å². The highest BCUT2D eigenvalue weighted by atomic mass is 32.2. The molecule has 0 amide bonds. The van der Waals surface area contributed by atoms with E-state index in [4.69, 9.17) is 19.4 Å². The Hall–Kier alpha value is -2.51. The lowest BCUT2D eigenvalue weighted by Crippen LogP contribution is -2.33. The van der Waals surface area contributed by atoms with Crippen LogP contribution in [-0.2, 0) is 14.8 Å². The molecule has 3 saturated heterocycles. The highest BCUT2D eigenvalue weighted by Crippen LogP contribution is 2.37. The van der Waals surface area contributed by atoms with Gasteiger partial charge in [0.25, 0.3) is 0 Å². The molecule has 3 aliphatic heterocycles. The highest BCUT2D eigenvalue weighted by molar-refractivity contribution is 7.88. The van der Waals surface area contributed by atoms with E-state index in [-0.39, 0.29) is 24.5 Å². The van der Waals surface area contributed by atoms with Crippen molar-refractivity contribution in [3.8, 4) is 17.1 Å². The minimum atomic E-state index is -3.18. The molecule has 0 bridgehead atoms. The second kappa shape index (κ2) is 11.3. The van der Waals surface area contributed by atoms with Gasteiger partial charge in [-0.1, -0.05) is 12.1 Å². The van der Waals surface area contributed by atoms with E-state index in [0.29, 0.717) is 37.8 Å². The lowest BCUT2D eigenvalue weighted by Gasteiger charge is -2.25. The number of likely N-dealkylation sites (N-methyl/N-ethyl adjacent to an activating group) is 1. The van der Waals surface area contributed by atoms with Crippen LogP contribution in [0, 0.1) is 18.8 Å². The van der Waals surface area contributed by atoms with Gasteiger partial charge in [-0.05, 0) is 44.4 Å². The Balaban J connectivity index is 1.42. The zero-order valence-electron chi connectivity index (χ0n) is 22.3. The molecule has 2 aromatic rings. The Kier molecular flexibility index (Phi) is 8.06. The summed E-state index contributed by atoms with van der Waals surface area (Å²) in [4.78, 5) is 12.2. The summed E-state index contributed by atoms with van der Waals surface area (Å²) in [5.41, 5.74) is 1.79. The number of sulfonamides is 1. The van der Waals surface area contributed by atoms with Gasteiger partial charge in [-0.2, -0.15) is 0 Å². The summed E-state index contributed by atoms with van der Waals surface area (Å²) in [5.74, 6) is 3.44. The molecule has 5 rings (SSSR count). The first kappa shape index (κ1) is 27.1. The highest BCUT2D eigenvalue weighted by Gasteiger charge is 2.43. The molecule has 11 nitrogen and oxygen atoms in total. The molecule has 4 unspecified atom stereocenters. The van der Waals surface area contributed by atoms with Gasteiger partial charge in [-0.25, -0.2) is 22.7 Å². The molecule has 1 aromatic heterocycles. The molecule has 3 aliphatic rings. The molecule has 3 fully saturated rings. The molecule has 208 valence electrons. The minimum absolute atomic E-state index is 0.180. The number of nitrogens with zero attached hydrogens (tertiary/aromatic N) is 4. The number of anilines is 2. The van der Waals surface area contributed by atoms with E-state index in [9.17, 15) is 13.5 Å². The van der Waals surface area contributed by atoms with Crippen LogP contribution in [0.15, 0.2) is 24.3 Å². The first-order valence-electron chi connectivity index (χ1n) is 13.2. The Bertz CT molecular complexity index is 1220. The Labute approximate surface area is 224 Å². The average molecular weight is 547 g/mol. The SMILES string of the molecule is CNCC(O)COc1cccc(-c2nc(NC3CCOC3)c(C)c(N3CC4CN(S(C)(=O)=O)CC4C3)n2)c1. The molecule has 0 saturated carbocycles. The van der Waals surface area contributed by atoms with Gasteiger partial charge in [0.1, 0.15) is 30.1 Å². The van der Waals surface area contributed by atoms with E-state index in [2.05, 4.69) is 15.5 Å². The third-order valence-corrected chi connectivity index (χ3v) is 8.82. The molecule has 38 heavy (non-hydrogen) atoms. The van der Waals surface area contributed by atoms with Gasteiger partial charge in [0.05, 0.1) is 18.9 Å². The van der Waals surface area contributed by atoms with Crippen LogP contribution in [0.5, 0.6) is 5.75 Å². The molecule has 4 heterocycles. The summed E-state index contributed by atoms with van der Waals surface area (Å²) in [6.45, 7) is 6.66. The van der Waals surface area contributed by atoms with Crippen molar-refractivity contribution in [3.63, 3.8) is 0 Å². The fourth-order valence-electron chi connectivity index (χ4n) is 5.53. The lowest BCUT2D eigenvalue weighted by molar-refractivity contribution is 0.108. The van der Waals surface area contributed by atoms with Crippen molar-refractivity contribution in [1.82, 2.24) is 19.6 Å². The maximum Gasteiger partial charge on any atom is 0.211 e. The van der Waals surface area contributed by atoms with E-state index >= 15 is 0 Å².